The van der Waals surface area contributed by atoms with Gasteiger partial charge in [0.15, 0.2) is 0 Å². The molecule has 0 saturated heterocycles. The van der Waals surface area contributed by atoms with Gasteiger partial charge in [0.05, 0.1) is 19.3 Å². The summed E-state index contributed by atoms with van der Waals surface area (Å²) in [5.74, 6) is -0.981. The Morgan fingerprint density at radius 3 is 2.32 bits per heavy atom. The first kappa shape index (κ1) is 23.4. The number of hydrogen-bond acceptors (Lipinski definition) is 5. The van der Waals surface area contributed by atoms with Crippen molar-refractivity contribution in [2.75, 3.05) is 17.7 Å². The maximum absolute atomic E-state index is 12.8. The zero-order chi connectivity index (χ0) is 24.2. The second-order valence-corrected chi connectivity index (χ2v) is 8.19. The molecule has 1 aliphatic rings. The van der Waals surface area contributed by atoms with Gasteiger partial charge >= 0.3 is 0 Å². The van der Waals surface area contributed by atoms with Crippen molar-refractivity contribution >= 4 is 52.3 Å². The topological polar surface area (TPSA) is 87.7 Å². The third-order valence-corrected chi connectivity index (χ3v) is 5.71. The summed E-state index contributed by atoms with van der Waals surface area (Å²) in [7, 11) is 1.50. The average Bonchev–Trinajstić information content (AvgIpc) is 3.04. The van der Waals surface area contributed by atoms with Crippen LogP contribution in [0.5, 0.6) is 5.75 Å². The maximum atomic E-state index is 12.8. The summed E-state index contributed by atoms with van der Waals surface area (Å²) in [4.78, 5) is 39.1. The molecule has 0 fully saturated rings. The number of methoxy groups -OCH3 is 1. The number of ether oxygens (including phenoxy) is 1. The Bertz CT molecular complexity index is 1290. The maximum Gasteiger partial charge on any atom is 0.279 e. The highest BCUT2D eigenvalue weighted by Gasteiger charge is 2.37. The van der Waals surface area contributed by atoms with Crippen LogP contribution in [0.1, 0.15) is 15.9 Å². The minimum absolute atomic E-state index is 0.0107. The standard InChI is InChI=1S/C25H19Cl2N3O4/c1-34-20-12-9-17(26)13-19(20)29-23(31)16-7-10-18(11-8-16)28-22-21(27)24(32)30(25(22)33)14-15-5-3-2-4-6-15/h2-13,28H,14H2,1H3,(H,29,31). The predicted octanol–water partition coefficient (Wildman–Crippen LogP) is 5.03. The Hall–Kier alpha value is -3.81. The van der Waals surface area contributed by atoms with E-state index >= 15 is 0 Å². The summed E-state index contributed by atoms with van der Waals surface area (Å²) in [5, 5.41) is 5.92. The number of carbonyl (C=O) groups excluding carboxylic acids is 3. The molecular weight excluding hydrogens is 477 g/mol. The van der Waals surface area contributed by atoms with E-state index in [1.165, 1.54) is 7.11 Å². The van der Waals surface area contributed by atoms with Crippen molar-refractivity contribution in [1.82, 2.24) is 4.90 Å². The number of anilines is 2. The fourth-order valence-electron chi connectivity index (χ4n) is 3.39. The molecule has 3 amide bonds. The molecule has 0 aromatic heterocycles. The third-order valence-electron chi connectivity index (χ3n) is 5.12. The minimum atomic E-state index is -0.565. The van der Waals surface area contributed by atoms with Gasteiger partial charge in [0.1, 0.15) is 16.5 Å². The van der Waals surface area contributed by atoms with Gasteiger partial charge in [-0.25, -0.2) is 0 Å². The lowest BCUT2D eigenvalue weighted by atomic mass is 10.1. The summed E-state index contributed by atoms with van der Waals surface area (Å²) < 4.78 is 5.24. The molecule has 0 aliphatic carbocycles. The third kappa shape index (κ3) is 4.90. The lowest BCUT2D eigenvalue weighted by Gasteiger charge is -2.15. The van der Waals surface area contributed by atoms with Gasteiger partial charge in [-0.2, -0.15) is 0 Å². The number of carbonyl (C=O) groups is 3. The molecule has 0 spiro atoms. The fourth-order valence-corrected chi connectivity index (χ4v) is 3.79. The number of nitrogens with one attached hydrogen (secondary N) is 2. The van der Waals surface area contributed by atoms with Gasteiger partial charge in [0.25, 0.3) is 17.7 Å². The normalized spacial score (nSPS) is 13.3. The van der Waals surface area contributed by atoms with E-state index < -0.39 is 11.8 Å². The van der Waals surface area contributed by atoms with Gasteiger partial charge in [-0.15, -0.1) is 0 Å². The molecule has 1 aliphatic heterocycles. The van der Waals surface area contributed by atoms with E-state index in [0.29, 0.717) is 27.7 Å². The van der Waals surface area contributed by atoms with E-state index in [1.54, 1.807) is 42.5 Å². The lowest BCUT2D eigenvalue weighted by molar-refractivity contribution is -0.138. The zero-order valence-electron chi connectivity index (χ0n) is 18.0. The van der Waals surface area contributed by atoms with Gasteiger partial charge in [-0.05, 0) is 48.0 Å². The summed E-state index contributed by atoms with van der Waals surface area (Å²) in [6.45, 7) is 0.117. The Balaban J connectivity index is 1.45. The molecule has 2 N–H and O–H groups in total. The van der Waals surface area contributed by atoms with E-state index in [-0.39, 0.29) is 23.2 Å². The van der Waals surface area contributed by atoms with Crippen molar-refractivity contribution in [3.63, 3.8) is 0 Å². The first-order valence-electron chi connectivity index (χ1n) is 10.2. The molecule has 0 atom stereocenters. The molecule has 3 aromatic carbocycles. The van der Waals surface area contributed by atoms with Crippen LogP contribution < -0.4 is 15.4 Å². The van der Waals surface area contributed by atoms with Crippen LogP contribution in [0.15, 0.2) is 83.5 Å². The number of halogens is 2. The van der Waals surface area contributed by atoms with Crippen molar-refractivity contribution < 1.29 is 19.1 Å². The molecule has 0 saturated carbocycles. The second kappa shape index (κ2) is 9.99. The highest BCUT2D eigenvalue weighted by molar-refractivity contribution is 6.48. The van der Waals surface area contributed by atoms with Crippen LogP contribution in [0, 0.1) is 0 Å². The first-order chi connectivity index (χ1) is 16.4. The van der Waals surface area contributed by atoms with Crippen molar-refractivity contribution in [3.05, 3.63) is 99.7 Å². The van der Waals surface area contributed by atoms with Crippen LogP contribution in [0.4, 0.5) is 11.4 Å². The van der Waals surface area contributed by atoms with Gasteiger partial charge < -0.3 is 15.4 Å². The molecule has 1 heterocycles. The number of benzene rings is 3. The minimum Gasteiger partial charge on any atom is -0.495 e. The Morgan fingerprint density at radius 1 is 0.941 bits per heavy atom. The first-order valence-corrected chi connectivity index (χ1v) is 10.9. The average molecular weight is 496 g/mol. The molecule has 0 radical (unpaired) electrons. The van der Waals surface area contributed by atoms with Crippen LogP contribution in [-0.2, 0) is 16.1 Å². The summed E-state index contributed by atoms with van der Waals surface area (Å²) in [6, 6.07) is 20.4. The molecule has 0 bridgehead atoms. The Kier molecular flexibility index (Phi) is 6.86. The Morgan fingerprint density at radius 2 is 1.65 bits per heavy atom. The van der Waals surface area contributed by atoms with Crippen LogP contribution in [-0.4, -0.2) is 29.7 Å². The predicted molar refractivity (Wildman–Crippen MR) is 131 cm³/mol. The molecule has 7 nitrogen and oxygen atoms in total. The van der Waals surface area contributed by atoms with Crippen LogP contribution >= 0.6 is 23.2 Å². The molecule has 9 heteroatoms. The number of amides is 3. The quantitative estimate of drug-likeness (QED) is 0.448. The van der Waals surface area contributed by atoms with E-state index in [9.17, 15) is 14.4 Å². The molecule has 172 valence electrons. The number of rotatable bonds is 7. The second-order valence-electron chi connectivity index (χ2n) is 7.37. The van der Waals surface area contributed by atoms with Crippen molar-refractivity contribution in [2.24, 2.45) is 0 Å². The van der Waals surface area contributed by atoms with Gasteiger partial charge in [-0.3, -0.25) is 19.3 Å². The van der Waals surface area contributed by atoms with Gasteiger partial charge in [0.2, 0.25) is 0 Å². The van der Waals surface area contributed by atoms with E-state index in [0.717, 1.165) is 10.5 Å². The zero-order valence-corrected chi connectivity index (χ0v) is 19.5. The van der Waals surface area contributed by atoms with Crippen molar-refractivity contribution in [3.8, 4) is 5.75 Å². The Labute approximate surface area is 205 Å². The fraction of sp³-hybridized carbons (Fsp3) is 0.0800. The van der Waals surface area contributed by atoms with Crippen LogP contribution in [0.3, 0.4) is 0 Å². The van der Waals surface area contributed by atoms with E-state index in [2.05, 4.69) is 10.6 Å². The van der Waals surface area contributed by atoms with Crippen LogP contribution in [0.2, 0.25) is 5.02 Å². The highest BCUT2D eigenvalue weighted by Crippen LogP contribution is 2.29. The molecule has 4 rings (SSSR count). The molecule has 3 aromatic rings. The SMILES string of the molecule is COc1ccc(Cl)cc1NC(=O)c1ccc(NC2=C(Cl)C(=O)N(Cc3ccccc3)C2=O)cc1. The molecule has 34 heavy (non-hydrogen) atoms. The van der Waals surface area contributed by atoms with Crippen molar-refractivity contribution in [2.45, 2.75) is 6.54 Å². The van der Waals surface area contributed by atoms with E-state index in [1.807, 2.05) is 30.3 Å². The number of imide groups is 1. The summed E-state index contributed by atoms with van der Waals surface area (Å²) in [5.41, 5.74) is 2.10. The number of hydrogen-bond donors (Lipinski definition) is 2. The highest BCUT2D eigenvalue weighted by atomic mass is 35.5. The smallest absolute Gasteiger partial charge is 0.279 e. The lowest BCUT2D eigenvalue weighted by Crippen LogP contribution is -2.31. The summed E-state index contributed by atoms with van der Waals surface area (Å²) in [6.07, 6.45) is 0. The number of nitrogens with zero attached hydrogens (tertiary/aromatic N) is 1. The van der Waals surface area contributed by atoms with Gasteiger partial charge in [-0.1, -0.05) is 53.5 Å². The van der Waals surface area contributed by atoms with Gasteiger partial charge in [0, 0.05) is 16.3 Å². The molecule has 0 unspecified atom stereocenters. The molecular formula is C25H19Cl2N3O4. The monoisotopic (exact) mass is 495 g/mol. The van der Waals surface area contributed by atoms with E-state index in [4.69, 9.17) is 27.9 Å². The largest absolute Gasteiger partial charge is 0.495 e. The van der Waals surface area contributed by atoms with Crippen LogP contribution in [0.25, 0.3) is 0 Å². The van der Waals surface area contributed by atoms with Crippen molar-refractivity contribution in [1.29, 1.82) is 0 Å². The summed E-state index contributed by atoms with van der Waals surface area (Å²) >= 11 is 12.2.